The van der Waals surface area contributed by atoms with Crippen LogP contribution >= 0.6 is 11.3 Å². The Balaban J connectivity index is 2.14. The van der Waals surface area contributed by atoms with Crippen LogP contribution in [0, 0.1) is 6.92 Å². The Labute approximate surface area is 135 Å². The topological polar surface area (TPSA) is 60.9 Å². The van der Waals surface area contributed by atoms with Crippen molar-refractivity contribution >= 4 is 17.2 Å². The lowest BCUT2D eigenvalue weighted by Crippen LogP contribution is -2.13. The zero-order chi connectivity index (χ0) is 15.7. The molecule has 0 aromatic carbocycles. The van der Waals surface area contributed by atoms with E-state index in [1.807, 2.05) is 12.3 Å². The average molecular weight is 317 g/mol. The molecule has 0 atom stereocenters. The van der Waals surface area contributed by atoms with E-state index in [2.05, 4.69) is 16.5 Å². The molecule has 118 valence electrons. The van der Waals surface area contributed by atoms with Crippen molar-refractivity contribution in [3.63, 3.8) is 0 Å². The molecule has 0 bridgehead atoms. The molecule has 0 aliphatic heterocycles. The Hall–Kier alpha value is -1.62. The number of hydrogen-bond donors (Lipinski definition) is 1. The number of nitrogens with zero attached hydrogens (tertiary/aromatic N) is 2. The lowest BCUT2D eigenvalue weighted by molar-refractivity contribution is 0.1000. The lowest BCUT2D eigenvalue weighted by atomic mass is 10.0. The van der Waals surface area contributed by atoms with Crippen molar-refractivity contribution < 1.29 is 4.79 Å². The van der Waals surface area contributed by atoms with E-state index in [-0.39, 0.29) is 5.91 Å². The summed E-state index contributed by atoms with van der Waals surface area (Å²) in [7, 11) is 0. The molecule has 0 saturated heterocycles. The molecule has 1 aliphatic rings. The summed E-state index contributed by atoms with van der Waals surface area (Å²) in [6.07, 6.45) is 8.73. The van der Waals surface area contributed by atoms with Crippen LogP contribution in [0.1, 0.15) is 66.8 Å². The lowest BCUT2D eigenvalue weighted by Gasteiger charge is -2.11. The number of primary amides is 1. The first kappa shape index (κ1) is 15.3. The quantitative estimate of drug-likeness (QED) is 0.782. The van der Waals surface area contributed by atoms with Crippen LogP contribution in [-0.4, -0.2) is 15.5 Å². The van der Waals surface area contributed by atoms with E-state index >= 15 is 0 Å². The van der Waals surface area contributed by atoms with Gasteiger partial charge in [0, 0.05) is 34.6 Å². The van der Waals surface area contributed by atoms with E-state index in [1.165, 1.54) is 31.4 Å². The molecule has 5 heteroatoms. The van der Waals surface area contributed by atoms with E-state index in [4.69, 9.17) is 5.73 Å². The fourth-order valence-electron chi connectivity index (χ4n) is 3.26. The van der Waals surface area contributed by atoms with Gasteiger partial charge in [-0.15, -0.1) is 11.3 Å². The fourth-order valence-corrected chi connectivity index (χ4v) is 3.97. The maximum atomic E-state index is 12.1. The summed E-state index contributed by atoms with van der Waals surface area (Å²) in [6, 6.07) is 0.545. The van der Waals surface area contributed by atoms with Gasteiger partial charge in [-0.05, 0) is 32.6 Å². The van der Waals surface area contributed by atoms with E-state index in [0.717, 1.165) is 29.1 Å². The van der Waals surface area contributed by atoms with Gasteiger partial charge in [-0.1, -0.05) is 19.8 Å². The second kappa shape index (κ2) is 6.24. The Bertz CT molecular complexity index is 669. The van der Waals surface area contributed by atoms with Gasteiger partial charge in [0.15, 0.2) is 0 Å². The summed E-state index contributed by atoms with van der Waals surface area (Å²) < 4.78 is 2.37. The van der Waals surface area contributed by atoms with Crippen molar-refractivity contribution in [1.82, 2.24) is 9.55 Å². The zero-order valence-corrected chi connectivity index (χ0v) is 14.1. The molecule has 0 spiro atoms. The molecule has 2 heterocycles. The normalized spacial score (nSPS) is 14.5. The Kier molecular flexibility index (Phi) is 4.34. The highest BCUT2D eigenvalue weighted by Gasteiger charge is 2.33. The van der Waals surface area contributed by atoms with Gasteiger partial charge in [0.1, 0.15) is 5.01 Å². The van der Waals surface area contributed by atoms with E-state index in [0.29, 0.717) is 11.6 Å². The molecule has 1 aliphatic carbocycles. The predicted molar refractivity (Wildman–Crippen MR) is 90.3 cm³/mol. The number of thiazole rings is 1. The first-order chi connectivity index (χ1) is 10.6. The van der Waals surface area contributed by atoms with Crippen molar-refractivity contribution in [3.8, 4) is 10.6 Å². The third-order valence-corrected chi connectivity index (χ3v) is 5.16. The monoisotopic (exact) mass is 317 g/mol. The number of rotatable bonds is 7. The maximum Gasteiger partial charge on any atom is 0.251 e. The van der Waals surface area contributed by atoms with Crippen molar-refractivity contribution in [2.24, 2.45) is 5.73 Å². The van der Waals surface area contributed by atoms with Crippen LogP contribution in [0.3, 0.4) is 0 Å². The van der Waals surface area contributed by atoms with Gasteiger partial charge in [-0.2, -0.15) is 0 Å². The second-order valence-corrected chi connectivity index (χ2v) is 6.94. The highest BCUT2D eigenvalue weighted by molar-refractivity contribution is 7.13. The summed E-state index contributed by atoms with van der Waals surface area (Å²) in [4.78, 5) is 16.5. The third-order valence-electron chi connectivity index (χ3n) is 4.37. The molecule has 1 amide bonds. The number of unbranched alkanes of at least 4 members (excludes halogenated alkanes) is 2. The Morgan fingerprint density at radius 2 is 2.23 bits per heavy atom. The minimum absolute atomic E-state index is 0.334. The summed E-state index contributed by atoms with van der Waals surface area (Å²) in [5.74, 6) is -0.334. The molecular weight excluding hydrogens is 294 g/mol. The van der Waals surface area contributed by atoms with Crippen LogP contribution in [0.15, 0.2) is 11.6 Å². The number of carbonyl (C=O) groups is 1. The first-order valence-electron chi connectivity index (χ1n) is 8.08. The molecule has 1 saturated carbocycles. The number of aromatic nitrogens is 2. The highest BCUT2D eigenvalue weighted by atomic mass is 32.1. The van der Waals surface area contributed by atoms with Gasteiger partial charge in [0.2, 0.25) is 0 Å². The molecule has 0 unspecified atom stereocenters. The van der Waals surface area contributed by atoms with E-state index in [9.17, 15) is 4.79 Å². The van der Waals surface area contributed by atoms with Crippen molar-refractivity contribution in [2.45, 2.75) is 58.4 Å². The van der Waals surface area contributed by atoms with Gasteiger partial charge in [0.05, 0.1) is 5.56 Å². The van der Waals surface area contributed by atoms with Crippen LogP contribution in [0.2, 0.25) is 0 Å². The summed E-state index contributed by atoms with van der Waals surface area (Å²) in [6.45, 7) is 4.24. The van der Waals surface area contributed by atoms with Crippen LogP contribution in [-0.2, 0) is 6.42 Å². The van der Waals surface area contributed by atoms with Gasteiger partial charge in [-0.3, -0.25) is 4.79 Å². The third kappa shape index (κ3) is 2.70. The van der Waals surface area contributed by atoms with Crippen LogP contribution < -0.4 is 5.73 Å². The Morgan fingerprint density at radius 1 is 1.45 bits per heavy atom. The van der Waals surface area contributed by atoms with E-state index < -0.39 is 0 Å². The maximum absolute atomic E-state index is 12.1. The van der Waals surface area contributed by atoms with Gasteiger partial charge in [0.25, 0.3) is 5.91 Å². The molecule has 4 nitrogen and oxygen atoms in total. The summed E-state index contributed by atoms with van der Waals surface area (Å²) in [5.41, 5.74) is 9.65. The molecule has 22 heavy (non-hydrogen) atoms. The minimum Gasteiger partial charge on any atom is -0.366 e. The van der Waals surface area contributed by atoms with Gasteiger partial charge < -0.3 is 10.3 Å². The SMILES string of the molecule is CCCCCc1c(-c2nccs2)c(C(N)=O)c(C)n1C1CC1. The summed E-state index contributed by atoms with van der Waals surface area (Å²) in [5, 5.41) is 2.88. The largest absolute Gasteiger partial charge is 0.366 e. The molecule has 2 aromatic heterocycles. The molecule has 1 fully saturated rings. The second-order valence-electron chi connectivity index (χ2n) is 6.04. The average Bonchev–Trinajstić information content (AvgIpc) is 3.07. The molecule has 0 radical (unpaired) electrons. The van der Waals surface area contributed by atoms with Gasteiger partial charge >= 0.3 is 0 Å². The van der Waals surface area contributed by atoms with Crippen molar-refractivity contribution in [3.05, 3.63) is 28.5 Å². The Morgan fingerprint density at radius 3 is 2.77 bits per heavy atom. The van der Waals surface area contributed by atoms with Crippen LogP contribution in [0.5, 0.6) is 0 Å². The smallest absolute Gasteiger partial charge is 0.251 e. The number of amides is 1. The summed E-state index contributed by atoms with van der Waals surface area (Å²) >= 11 is 1.58. The standard InChI is InChI=1S/C17H23N3OS/c1-3-4-5-6-13-15(17-19-9-10-22-17)14(16(18)21)11(2)20(13)12-7-8-12/h9-10,12H,3-8H2,1-2H3,(H2,18,21). The van der Waals surface area contributed by atoms with Crippen LogP contribution in [0.25, 0.3) is 10.6 Å². The molecule has 3 rings (SSSR count). The number of carbonyl (C=O) groups excluding carboxylic acids is 1. The van der Waals surface area contributed by atoms with E-state index in [1.54, 1.807) is 17.5 Å². The molecular formula is C17H23N3OS. The fraction of sp³-hybridized carbons (Fsp3) is 0.529. The minimum atomic E-state index is -0.334. The first-order valence-corrected chi connectivity index (χ1v) is 8.96. The predicted octanol–water partition coefficient (Wildman–Crippen LogP) is 4.09. The molecule has 2 aromatic rings. The number of hydrogen-bond acceptors (Lipinski definition) is 3. The highest BCUT2D eigenvalue weighted by Crippen LogP contribution is 2.43. The zero-order valence-electron chi connectivity index (χ0n) is 13.3. The van der Waals surface area contributed by atoms with Gasteiger partial charge in [-0.25, -0.2) is 4.98 Å². The number of nitrogens with two attached hydrogens (primary N) is 1. The van der Waals surface area contributed by atoms with Crippen molar-refractivity contribution in [1.29, 1.82) is 0 Å². The van der Waals surface area contributed by atoms with Crippen molar-refractivity contribution in [2.75, 3.05) is 0 Å². The van der Waals surface area contributed by atoms with Crippen LogP contribution in [0.4, 0.5) is 0 Å². The molecule has 2 N–H and O–H groups in total.